The highest BCUT2D eigenvalue weighted by molar-refractivity contribution is 5.80. The highest BCUT2D eigenvalue weighted by Crippen LogP contribution is 2.15. The van der Waals surface area contributed by atoms with Gasteiger partial charge in [-0.1, -0.05) is 60.7 Å². The zero-order valence-electron chi connectivity index (χ0n) is 15.6. The highest BCUT2D eigenvalue weighted by atomic mass is 16.2. The SMILES string of the molecule is Cc1ccc(=O)n(C(C)C(=O)N(Cc2ccccc2)Cc2ccccc2)n1. The molecular formula is C22H23N3O2. The van der Waals surface area contributed by atoms with Gasteiger partial charge in [0.25, 0.3) is 5.56 Å². The highest BCUT2D eigenvalue weighted by Gasteiger charge is 2.24. The van der Waals surface area contributed by atoms with E-state index in [-0.39, 0.29) is 11.5 Å². The summed E-state index contributed by atoms with van der Waals surface area (Å²) in [5.41, 5.74) is 2.50. The Morgan fingerprint density at radius 1 is 0.926 bits per heavy atom. The van der Waals surface area contributed by atoms with E-state index < -0.39 is 6.04 Å². The van der Waals surface area contributed by atoms with Crippen molar-refractivity contribution in [2.75, 3.05) is 0 Å². The molecule has 3 aromatic rings. The molecular weight excluding hydrogens is 338 g/mol. The second kappa shape index (κ2) is 8.45. The van der Waals surface area contributed by atoms with Gasteiger partial charge in [0.1, 0.15) is 6.04 Å². The van der Waals surface area contributed by atoms with Crippen LogP contribution in [0.15, 0.2) is 77.6 Å². The van der Waals surface area contributed by atoms with Crippen molar-refractivity contribution in [1.82, 2.24) is 14.7 Å². The number of amides is 1. The Labute approximate surface area is 158 Å². The fourth-order valence-corrected chi connectivity index (χ4v) is 2.99. The topological polar surface area (TPSA) is 55.2 Å². The van der Waals surface area contributed by atoms with Gasteiger partial charge in [-0.3, -0.25) is 9.59 Å². The summed E-state index contributed by atoms with van der Waals surface area (Å²) in [5, 5.41) is 4.25. The predicted molar refractivity (Wildman–Crippen MR) is 105 cm³/mol. The van der Waals surface area contributed by atoms with E-state index in [0.29, 0.717) is 18.8 Å². The summed E-state index contributed by atoms with van der Waals surface area (Å²) in [5.74, 6) is -0.136. The van der Waals surface area contributed by atoms with Crippen LogP contribution in [0.5, 0.6) is 0 Å². The van der Waals surface area contributed by atoms with Gasteiger partial charge >= 0.3 is 0 Å². The van der Waals surface area contributed by atoms with Crippen LogP contribution in [0, 0.1) is 6.92 Å². The van der Waals surface area contributed by atoms with Crippen LogP contribution >= 0.6 is 0 Å². The van der Waals surface area contributed by atoms with Crippen LogP contribution in [-0.2, 0) is 17.9 Å². The molecule has 0 aliphatic carbocycles. The standard InChI is InChI=1S/C22H23N3O2/c1-17-13-14-21(26)25(23-17)18(2)22(27)24(15-19-9-5-3-6-10-19)16-20-11-7-4-8-12-20/h3-14,18H,15-16H2,1-2H3. The first-order valence-electron chi connectivity index (χ1n) is 8.97. The van der Waals surface area contributed by atoms with E-state index in [0.717, 1.165) is 11.1 Å². The molecule has 0 spiro atoms. The van der Waals surface area contributed by atoms with Crippen molar-refractivity contribution in [2.24, 2.45) is 0 Å². The Kier molecular flexibility index (Phi) is 5.81. The predicted octanol–water partition coefficient (Wildman–Crippen LogP) is 3.34. The van der Waals surface area contributed by atoms with Crippen molar-refractivity contribution >= 4 is 5.91 Å². The second-order valence-corrected chi connectivity index (χ2v) is 6.60. The molecule has 2 aromatic carbocycles. The fourth-order valence-electron chi connectivity index (χ4n) is 2.99. The van der Waals surface area contributed by atoms with Crippen molar-refractivity contribution in [3.8, 4) is 0 Å². The molecule has 1 atom stereocenters. The van der Waals surface area contributed by atoms with E-state index in [1.807, 2.05) is 60.7 Å². The van der Waals surface area contributed by atoms with E-state index in [9.17, 15) is 9.59 Å². The van der Waals surface area contributed by atoms with Gasteiger partial charge in [-0.25, -0.2) is 4.68 Å². The number of aryl methyl sites for hydroxylation is 1. The molecule has 0 saturated heterocycles. The molecule has 0 fully saturated rings. The largest absolute Gasteiger partial charge is 0.332 e. The lowest BCUT2D eigenvalue weighted by Crippen LogP contribution is -2.39. The summed E-state index contributed by atoms with van der Waals surface area (Å²) in [6.07, 6.45) is 0. The average Bonchev–Trinajstić information content (AvgIpc) is 2.70. The van der Waals surface area contributed by atoms with Gasteiger partial charge in [0.15, 0.2) is 0 Å². The lowest BCUT2D eigenvalue weighted by Gasteiger charge is -2.26. The smallest absolute Gasteiger partial charge is 0.267 e. The maximum Gasteiger partial charge on any atom is 0.267 e. The molecule has 5 nitrogen and oxygen atoms in total. The number of hydrogen-bond acceptors (Lipinski definition) is 3. The van der Waals surface area contributed by atoms with Crippen LogP contribution in [0.1, 0.15) is 29.8 Å². The summed E-state index contributed by atoms with van der Waals surface area (Å²) in [7, 11) is 0. The maximum absolute atomic E-state index is 13.2. The normalized spacial score (nSPS) is 11.8. The van der Waals surface area contributed by atoms with E-state index in [1.54, 1.807) is 24.8 Å². The van der Waals surface area contributed by atoms with Crippen LogP contribution < -0.4 is 5.56 Å². The fraction of sp³-hybridized carbons (Fsp3) is 0.227. The third-order valence-corrected chi connectivity index (χ3v) is 4.43. The van der Waals surface area contributed by atoms with E-state index in [1.165, 1.54) is 10.7 Å². The Morgan fingerprint density at radius 2 is 1.44 bits per heavy atom. The Bertz CT molecular complexity index is 911. The first-order valence-corrected chi connectivity index (χ1v) is 8.97. The lowest BCUT2D eigenvalue weighted by molar-refractivity contribution is -0.136. The molecule has 1 heterocycles. The summed E-state index contributed by atoms with van der Waals surface area (Å²) in [6.45, 7) is 4.47. The van der Waals surface area contributed by atoms with Gasteiger partial charge in [0.05, 0.1) is 5.69 Å². The molecule has 0 bridgehead atoms. The van der Waals surface area contributed by atoms with Crippen molar-refractivity contribution < 1.29 is 4.79 Å². The third-order valence-electron chi connectivity index (χ3n) is 4.43. The van der Waals surface area contributed by atoms with Gasteiger partial charge < -0.3 is 4.90 Å². The first-order chi connectivity index (χ1) is 13.0. The van der Waals surface area contributed by atoms with Gasteiger partial charge in [-0.2, -0.15) is 5.10 Å². The molecule has 1 amide bonds. The number of hydrogen-bond donors (Lipinski definition) is 0. The minimum Gasteiger partial charge on any atom is -0.332 e. The second-order valence-electron chi connectivity index (χ2n) is 6.60. The zero-order valence-corrected chi connectivity index (χ0v) is 15.6. The van der Waals surface area contributed by atoms with Crippen LogP contribution in [0.4, 0.5) is 0 Å². The molecule has 0 N–H and O–H groups in total. The molecule has 3 rings (SSSR count). The maximum atomic E-state index is 13.2. The van der Waals surface area contributed by atoms with Gasteiger partial charge in [-0.15, -0.1) is 0 Å². The minimum absolute atomic E-state index is 0.136. The number of rotatable bonds is 6. The Morgan fingerprint density at radius 3 is 1.96 bits per heavy atom. The minimum atomic E-state index is -0.676. The summed E-state index contributed by atoms with van der Waals surface area (Å²) < 4.78 is 1.26. The van der Waals surface area contributed by atoms with Crippen molar-refractivity contribution in [3.05, 3.63) is 100.0 Å². The van der Waals surface area contributed by atoms with Gasteiger partial charge in [0, 0.05) is 19.2 Å². The molecule has 5 heteroatoms. The lowest BCUT2D eigenvalue weighted by atomic mass is 10.1. The van der Waals surface area contributed by atoms with E-state index >= 15 is 0 Å². The summed E-state index contributed by atoms with van der Waals surface area (Å²) in [6, 6.07) is 22.1. The van der Waals surface area contributed by atoms with Gasteiger partial charge in [-0.05, 0) is 31.0 Å². The van der Waals surface area contributed by atoms with Gasteiger partial charge in [0.2, 0.25) is 5.91 Å². The molecule has 0 radical (unpaired) electrons. The van der Waals surface area contributed by atoms with Crippen molar-refractivity contribution in [2.45, 2.75) is 33.0 Å². The molecule has 27 heavy (non-hydrogen) atoms. The average molecular weight is 361 g/mol. The summed E-state index contributed by atoms with van der Waals surface area (Å²) >= 11 is 0. The van der Waals surface area contributed by atoms with Crippen molar-refractivity contribution in [1.29, 1.82) is 0 Å². The van der Waals surface area contributed by atoms with Crippen LogP contribution in [0.2, 0.25) is 0 Å². The van der Waals surface area contributed by atoms with Crippen LogP contribution in [0.25, 0.3) is 0 Å². The van der Waals surface area contributed by atoms with E-state index in [2.05, 4.69) is 5.10 Å². The number of aromatic nitrogens is 2. The monoisotopic (exact) mass is 361 g/mol. The molecule has 0 aliphatic rings. The number of carbonyl (C=O) groups excluding carboxylic acids is 1. The third kappa shape index (κ3) is 4.70. The van der Waals surface area contributed by atoms with Crippen molar-refractivity contribution in [3.63, 3.8) is 0 Å². The number of benzene rings is 2. The zero-order chi connectivity index (χ0) is 19.2. The molecule has 1 unspecified atom stereocenters. The Balaban J connectivity index is 1.89. The molecule has 1 aromatic heterocycles. The van der Waals surface area contributed by atoms with Crippen LogP contribution in [-0.4, -0.2) is 20.6 Å². The quantitative estimate of drug-likeness (QED) is 0.677. The molecule has 0 aliphatic heterocycles. The Hall–Kier alpha value is -3.21. The van der Waals surface area contributed by atoms with Crippen LogP contribution in [0.3, 0.4) is 0 Å². The first kappa shape index (κ1) is 18.6. The number of carbonyl (C=O) groups is 1. The van der Waals surface area contributed by atoms with E-state index in [4.69, 9.17) is 0 Å². The molecule has 138 valence electrons. The molecule has 0 saturated carbocycles. The summed E-state index contributed by atoms with van der Waals surface area (Å²) in [4.78, 5) is 27.2. The number of nitrogens with zero attached hydrogens (tertiary/aromatic N) is 3.